The van der Waals surface area contributed by atoms with Gasteiger partial charge in [0.05, 0.1) is 16.2 Å². The molecule has 3 N–H and O–H groups in total. The summed E-state index contributed by atoms with van der Waals surface area (Å²) in [6, 6.07) is 5.43. The molecule has 92 valence electrons. The van der Waals surface area contributed by atoms with Gasteiger partial charge in [-0.3, -0.25) is 4.79 Å². The predicted molar refractivity (Wildman–Crippen MR) is 70.6 cm³/mol. The average Bonchev–Trinajstić information content (AvgIpc) is 2.97. The number of nitrogens with one attached hydrogen (secondary N) is 1. The third-order valence-corrected chi connectivity index (χ3v) is 3.23. The Balaban J connectivity index is 2.12. The van der Waals surface area contributed by atoms with Crippen LogP contribution in [-0.2, 0) is 4.79 Å². The first kappa shape index (κ1) is 12.2. The minimum Gasteiger partial charge on any atom is -0.376 e. The molecule has 2 rings (SSSR count). The molecule has 0 saturated heterocycles. The molecular weight excluding hydrogens is 238 g/mol. The molecule has 0 radical (unpaired) electrons. The second-order valence-electron chi connectivity index (χ2n) is 4.67. The largest absolute Gasteiger partial charge is 0.376 e. The molecule has 1 aliphatic carbocycles. The highest BCUT2D eigenvalue weighted by Crippen LogP contribution is 2.34. The molecule has 1 amide bonds. The number of carbonyl (C=O) groups excluding carboxylic acids is 1. The molecule has 1 fully saturated rings. The van der Waals surface area contributed by atoms with E-state index < -0.39 is 5.54 Å². The lowest BCUT2D eigenvalue weighted by molar-refractivity contribution is -0.118. The smallest absolute Gasteiger partial charge is 0.244 e. The standard InChI is InChI=1S/C12H16ClN3O/c1-16(2)10-4-3-8(7-9(10)13)15-11(17)12(14)5-6-12/h3-4,7H,5-6,14H2,1-2H3,(H,15,17). The topological polar surface area (TPSA) is 58.4 Å². The van der Waals surface area contributed by atoms with Gasteiger partial charge < -0.3 is 16.0 Å². The van der Waals surface area contributed by atoms with Gasteiger partial charge >= 0.3 is 0 Å². The number of halogens is 1. The molecule has 1 aliphatic rings. The van der Waals surface area contributed by atoms with Crippen molar-refractivity contribution in [3.05, 3.63) is 23.2 Å². The molecule has 0 bridgehead atoms. The molecule has 1 aromatic rings. The Morgan fingerprint density at radius 2 is 2.12 bits per heavy atom. The first-order valence-electron chi connectivity index (χ1n) is 5.49. The van der Waals surface area contributed by atoms with E-state index in [-0.39, 0.29) is 5.91 Å². The summed E-state index contributed by atoms with van der Waals surface area (Å²) in [4.78, 5) is 13.7. The maximum absolute atomic E-state index is 11.7. The summed E-state index contributed by atoms with van der Waals surface area (Å²) < 4.78 is 0. The fourth-order valence-corrected chi connectivity index (χ4v) is 1.91. The number of nitrogens with zero attached hydrogens (tertiary/aromatic N) is 1. The minimum absolute atomic E-state index is 0.133. The van der Waals surface area contributed by atoms with Gasteiger partial charge in [-0.15, -0.1) is 0 Å². The van der Waals surface area contributed by atoms with Gasteiger partial charge in [-0.05, 0) is 31.0 Å². The Bertz CT molecular complexity index is 455. The Hall–Kier alpha value is -1.26. The molecule has 0 aromatic heterocycles. The van der Waals surface area contributed by atoms with E-state index in [0.717, 1.165) is 18.5 Å². The van der Waals surface area contributed by atoms with E-state index in [1.54, 1.807) is 6.07 Å². The zero-order valence-electron chi connectivity index (χ0n) is 9.96. The summed E-state index contributed by atoms with van der Waals surface area (Å²) in [6.07, 6.45) is 1.50. The Morgan fingerprint density at radius 1 is 1.47 bits per heavy atom. The molecular formula is C12H16ClN3O. The first-order chi connectivity index (χ1) is 7.92. The van der Waals surface area contributed by atoms with Gasteiger partial charge in [-0.1, -0.05) is 11.6 Å². The SMILES string of the molecule is CN(C)c1ccc(NC(=O)C2(N)CC2)cc1Cl. The van der Waals surface area contributed by atoms with Gasteiger partial charge in [0.15, 0.2) is 0 Å². The van der Waals surface area contributed by atoms with E-state index >= 15 is 0 Å². The van der Waals surface area contributed by atoms with E-state index in [1.807, 2.05) is 31.1 Å². The van der Waals surface area contributed by atoms with Crippen LogP contribution in [-0.4, -0.2) is 25.5 Å². The first-order valence-corrected chi connectivity index (χ1v) is 5.87. The normalized spacial score (nSPS) is 16.5. The van der Waals surface area contributed by atoms with Crippen molar-refractivity contribution in [2.75, 3.05) is 24.3 Å². The lowest BCUT2D eigenvalue weighted by Gasteiger charge is -2.16. The fraction of sp³-hybridized carbons (Fsp3) is 0.417. The zero-order chi connectivity index (χ0) is 12.6. The zero-order valence-corrected chi connectivity index (χ0v) is 10.7. The Morgan fingerprint density at radius 3 is 2.59 bits per heavy atom. The van der Waals surface area contributed by atoms with Crippen LogP contribution in [0, 0.1) is 0 Å². The Kier molecular flexibility index (Phi) is 3.02. The number of nitrogens with two attached hydrogens (primary N) is 1. The van der Waals surface area contributed by atoms with Gasteiger partial charge in [0.25, 0.3) is 0 Å². The van der Waals surface area contributed by atoms with Crippen molar-refractivity contribution in [3.8, 4) is 0 Å². The molecule has 0 heterocycles. The second kappa shape index (κ2) is 4.20. The average molecular weight is 254 g/mol. The molecule has 1 aromatic carbocycles. The van der Waals surface area contributed by atoms with Crippen molar-refractivity contribution in [1.82, 2.24) is 0 Å². The van der Waals surface area contributed by atoms with Crippen molar-refractivity contribution < 1.29 is 4.79 Å². The third kappa shape index (κ3) is 2.53. The lowest BCUT2D eigenvalue weighted by Crippen LogP contribution is -2.37. The van der Waals surface area contributed by atoms with Crippen LogP contribution < -0.4 is 16.0 Å². The highest BCUT2D eigenvalue weighted by molar-refractivity contribution is 6.33. The molecule has 0 spiro atoms. The molecule has 4 nitrogen and oxygen atoms in total. The van der Waals surface area contributed by atoms with Crippen molar-refractivity contribution in [2.24, 2.45) is 5.73 Å². The lowest BCUT2D eigenvalue weighted by atomic mass is 10.2. The van der Waals surface area contributed by atoms with Gasteiger partial charge in [0.2, 0.25) is 5.91 Å². The predicted octanol–water partition coefficient (Wildman–Crippen LogP) is 1.84. The van der Waals surface area contributed by atoms with E-state index in [9.17, 15) is 4.79 Å². The summed E-state index contributed by atoms with van der Waals surface area (Å²) in [6.45, 7) is 0. The number of carbonyl (C=O) groups is 1. The molecule has 0 aliphatic heterocycles. The number of rotatable bonds is 3. The van der Waals surface area contributed by atoms with Crippen LogP contribution in [0.2, 0.25) is 5.02 Å². The maximum atomic E-state index is 11.7. The van der Waals surface area contributed by atoms with Crippen LogP contribution in [0.1, 0.15) is 12.8 Å². The monoisotopic (exact) mass is 253 g/mol. The van der Waals surface area contributed by atoms with Crippen LogP contribution in [0.15, 0.2) is 18.2 Å². The number of benzene rings is 1. The van der Waals surface area contributed by atoms with E-state index in [0.29, 0.717) is 10.7 Å². The maximum Gasteiger partial charge on any atom is 0.244 e. The quantitative estimate of drug-likeness (QED) is 0.864. The second-order valence-corrected chi connectivity index (χ2v) is 5.08. The summed E-state index contributed by atoms with van der Waals surface area (Å²) >= 11 is 6.11. The molecule has 1 saturated carbocycles. The summed E-state index contributed by atoms with van der Waals surface area (Å²) in [7, 11) is 3.83. The fourth-order valence-electron chi connectivity index (χ4n) is 1.56. The Labute approximate surface area is 106 Å². The van der Waals surface area contributed by atoms with E-state index in [2.05, 4.69) is 5.32 Å². The summed E-state index contributed by atoms with van der Waals surface area (Å²) in [5, 5.41) is 3.39. The minimum atomic E-state index is -0.660. The van der Waals surface area contributed by atoms with E-state index in [4.69, 9.17) is 17.3 Å². The van der Waals surface area contributed by atoms with Gasteiger partial charge in [0, 0.05) is 19.8 Å². The van der Waals surface area contributed by atoms with Crippen molar-refractivity contribution in [3.63, 3.8) is 0 Å². The molecule has 5 heteroatoms. The van der Waals surface area contributed by atoms with Gasteiger partial charge in [0.1, 0.15) is 0 Å². The number of hydrogen-bond donors (Lipinski definition) is 2. The molecule has 0 atom stereocenters. The van der Waals surface area contributed by atoms with Crippen LogP contribution in [0.25, 0.3) is 0 Å². The van der Waals surface area contributed by atoms with Crippen molar-refractivity contribution in [1.29, 1.82) is 0 Å². The van der Waals surface area contributed by atoms with Gasteiger partial charge in [-0.25, -0.2) is 0 Å². The highest BCUT2D eigenvalue weighted by Gasteiger charge is 2.45. The number of hydrogen-bond acceptors (Lipinski definition) is 3. The van der Waals surface area contributed by atoms with Gasteiger partial charge in [-0.2, -0.15) is 0 Å². The number of anilines is 2. The third-order valence-electron chi connectivity index (χ3n) is 2.93. The number of amides is 1. The summed E-state index contributed by atoms with van der Waals surface area (Å²) in [5.74, 6) is -0.133. The van der Waals surface area contributed by atoms with E-state index in [1.165, 1.54) is 0 Å². The van der Waals surface area contributed by atoms with Crippen LogP contribution in [0.5, 0.6) is 0 Å². The van der Waals surface area contributed by atoms with Crippen LogP contribution >= 0.6 is 11.6 Å². The van der Waals surface area contributed by atoms with Crippen molar-refractivity contribution in [2.45, 2.75) is 18.4 Å². The van der Waals surface area contributed by atoms with Crippen molar-refractivity contribution >= 4 is 28.9 Å². The van der Waals surface area contributed by atoms with Crippen LogP contribution in [0.4, 0.5) is 11.4 Å². The molecule has 0 unspecified atom stereocenters. The molecule has 17 heavy (non-hydrogen) atoms. The van der Waals surface area contributed by atoms with Crippen LogP contribution in [0.3, 0.4) is 0 Å². The summed E-state index contributed by atoms with van der Waals surface area (Å²) in [5.41, 5.74) is 6.74. The highest BCUT2D eigenvalue weighted by atomic mass is 35.5.